The Morgan fingerprint density at radius 2 is 2.00 bits per heavy atom. The van der Waals surface area contributed by atoms with E-state index in [9.17, 15) is 14.4 Å². The van der Waals surface area contributed by atoms with Crippen LogP contribution >= 0.6 is 23.1 Å². The molecule has 10 heteroatoms. The SMILES string of the molecule is CCCn1c(=O)c2sc(N3CCCC3)nc2n(CC(=O)Nc2cccc(SC)c2)c1=O. The fourth-order valence-corrected chi connectivity index (χ4v) is 5.25. The van der Waals surface area contributed by atoms with Gasteiger partial charge in [0.15, 0.2) is 10.8 Å². The summed E-state index contributed by atoms with van der Waals surface area (Å²) in [5, 5.41) is 3.59. The van der Waals surface area contributed by atoms with E-state index >= 15 is 0 Å². The van der Waals surface area contributed by atoms with Crippen LogP contribution in [0.25, 0.3) is 10.3 Å². The van der Waals surface area contributed by atoms with Crippen LogP contribution in [0.15, 0.2) is 38.8 Å². The van der Waals surface area contributed by atoms with Crippen LogP contribution in [0.4, 0.5) is 10.8 Å². The molecule has 2 aromatic heterocycles. The van der Waals surface area contributed by atoms with Gasteiger partial charge in [-0.15, -0.1) is 11.8 Å². The highest BCUT2D eigenvalue weighted by Crippen LogP contribution is 2.28. The lowest BCUT2D eigenvalue weighted by Crippen LogP contribution is -2.41. The highest BCUT2D eigenvalue weighted by Gasteiger charge is 2.23. The topological polar surface area (TPSA) is 89.2 Å². The van der Waals surface area contributed by atoms with E-state index in [4.69, 9.17) is 0 Å². The number of thioether (sulfide) groups is 1. The molecule has 0 aliphatic carbocycles. The third kappa shape index (κ3) is 4.40. The van der Waals surface area contributed by atoms with Gasteiger partial charge in [0.05, 0.1) is 0 Å². The molecule has 0 saturated carbocycles. The highest BCUT2D eigenvalue weighted by molar-refractivity contribution is 7.98. The Labute approximate surface area is 187 Å². The van der Waals surface area contributed by atoms with Crippen molar-refractivity contribution in [3.05, 3.63) is 45.1 Å². The number of nitrogens with zero attached hydrogens (tertiary/aromatic N) is 4. The first-order valence-electron chi connectivity index (χ1n) is 10.3. The lowest BCUT2D eigenvalue weighted by Gasteiger charge is -2.12. The van der Waals surface area contributed by atoms with Crippen molar-refractivity contribution in [2.75, 3.05) is 29.6 Å². The van der Waals surface area contributed by atoms with Crippen molar-refractivity contribution in [1.82, 2.24) is 14.1 Å². The van der Waals surface area contributed by atoms with Gasteiger partial charge in [0.25, 0.3) is 5.56 Å². The number of benzene rings is 1. The van der Waals surface area contributed by atoms with Gasteiger partial charge in [-0.1, -0.05) is 24.3 Å². The van der Waals surface area contributed by atoms with Gasteiger partial charge in [-0.3, -0.25) is 18.7 Å². The summed E-state index contributed by atoms with van der Waals surface area (Å²) in [7, 11) is 0. The second-order valence-corrected chi connectivity index (χ2v) is 9.31. The lowest BCUT2D eigenvalue weighted by atomic mass is 10.3. The van der Waals surface area contributed by atoms with Crippen molar-refractivity contribution >= 4 is 50.2 Å². The van der Waals surface area contributed by atoms with E-state index in [2.05, 4.69) is 15.2 Å². The molecule has 1 fully saturated rings. The molecule has 164 valence electrons. The molecular weight excluding hydrogens is 434 g/mol. The van der Waals surface area contributed by atoms with Crippen molar-refractivity contribution in [3.8, 4) is 0 Å². The maximum atomic E-state index is 13.1. The maximum absolute atomic E-state index is 13.1. The Morgan fingerprint density at radius 1 is 1.23 bits per heavy atom. The summed E-state index contributed by atoms with van der Waals surface area (Å²) >= 11 is 2.89. The summed E-state index contributed by atoms with van der Waals surface area (Å²) in [6, 6.07) is 7.52. The monoisotopic (exact) mass is 459 g/mol. The Kier molecular flexibility index (Phi) is 6.47. The molecule has 31 heavy (non-hydrogen) atoms. The van der Waals surface area contributed by atoms with Crippen molar-refractivity contribution < 1.29 is 4.79 Å². The minimum absolute atomic E-state index is 0.202. The zero-order chi connectivity index (χ0) is 22.0. The molecule has 3 aromatic rings. The molecule has 1 aliphatic heterocycles. The van der Waals surface area contributed by atoms with Crippen LogP contribution < -0.4 is 21.5 Å². The van der Waals surface area contributed by atoms with Crippen molar-refractivity contribution in [1.29, 1.82) is 0 Å². The molecule has 0 spiro atoms. The molecule has 1 saturated heterocycles. The first kappa shape index (κ1) is 21.6. The quantitative estimate of drug-likeness (QED) is 0.547. The highest BCUT2D eigenvalue weighted by atomic mass is 32.2. The number of rotatable bonds is 7. The Morgan fingerprint density at radius 3 is 2.71 bits per heavy atom. The first-order chi connectivity index (χ1) is 15.0. The van der Waals surface area contributed by atoms with E-state index in [1.165, 1.54) is 20.5 Å². The normalized spacial score (nSPS) is 13.8. The smallest absolute Gasteiger partial charge is 0.333 e. The number of anilines is 2. The summed E-state index contributed by atoms with van der Waals surface area (Å²) in [4.78, 5) is 46.6. The molecule has 0 bridgehead atoms. The van der Waals surface area contributed by atoms with E-state index in [-0.39, 0.29) is 18.0 Å². The molecule has 0 atom stereocenters. The van der Waals surface area contributed by atoms with Gasteiger partial charge >= 0.3 is 5.69 Å². The van der Waals surface area contributed by atoms with Crippen molar-refractivity contribution in [2.45, 2.75) is 44.2 Å². The van der Waals surface area contributed by atoms with Crippen LogP contribution in [-0.4, -0.2) is 39.4 Å². The number of thiazole rings is 1. The molecule has 1 N–H and O–H groups in total. The maximum Gasteiger partial charge on any atom is 0.333 e. The number of hydrogen-bond donors (Lipinski definition) is 1. The summed E-state index contributed by atoms with van der Waals surface area (Å²) in [6.07, 6.45) is 4.78. The number of aromatic nitrogens is 3. The molecular formula is C21H25N5O3S2. The lowest BCUT2D eigenvalue weighted by molar-refractivity contribution is -0.116. The fourth-order valence-electron chi connectivity index (χ4n) is 3.72. The van der Waals surface area contributed by atoms with E-state index in [0.717, 1.165) is 36.0 Å². The number of carbonyl (C=O) groups is 1. The number of amides is 1. The molecule has 1 aliphatic rings. The molecule has 1 aromatic carbocycles. The standard InChI is InChI=1S/C21H25N5O3S2/c1-3-9-25-19(28)17-18(23-20(31-17)24-10-4-5-11-24)26(21(25)29)13-16(27)22-14-7-6-8-15(12-14)30-2/h6-8,12H,3-5,9-11,13H2,1-2H3,(H,22,27). The minimum Gasteiger partial charge on any atom is -0.348 e. The number of nitrogens with one attached hydrogen (secondary N) is 1. The molecule has 3 heterocycles. The number of hydrogen-bond acceptors (Lipinski definition) is 7. The van der Waals surface area contributed by atoms with Gasteiger partial charge in [0.1, 0.15) is 11.2 Å². The third-order valence-electron chi connectivity index (χ3n) is 5.23. The summed E-state index contributed by atoms with van der Waals surface area (Å²) in [5.74, 6) is -0.334. The predicted octanol–water partition coefficient (Wildman–Crippen LogP) is 2.99. The van der Waals surface area contributed by atoms with Crippen LogP contribution in [-0.2, 0) is 17.9 Å². The minimum atomic E-state index is -0.495. The summed E-state index contributed by atoms with van der Waals surface area (Å²) in [5.41, 5.74) is 0.140. The molecule has 8 nitrogen and oxygen atoms in total. The molecule has 0 radical (unpaired) electrons. The van der Waals surface area contributed by atoms with Crippen molar-refractivity contribution in [3.63, 3.8) is 0 Å². The van der Waals surface area contributed by atoms with Crippen LogP contribution in [0.2, 0.25) is 0 Å². The molecule has 1 amide bonds. The van der Waals surface area contributed by atoms with Crippen LogP contribution in [0.1, 0.15) is 26.2 Å². The molecule has 4 rings (SSSR count). The van der Waals surface area contributed by atoms with Gasteiger partial charge < -0.3 is 10.2 Å². The van der Waals surface area contributed by atoms with E-state index < -0.39 is 5.69 Å². The zero-order valence-corrected chi connectivity index (χ0v) is 19.2. The third-order valence-corrected chi connectivity index (χ3v) is 7.05. The number of carbonyl (C=O) groups excluding carboxylic acids is 1. The second kappa shape index (κ2) is 9.27. The Hall–Kier alpha value is -2.59. The predicted molar refractivity (Wildman–Crippen MR) is 127 cm³/mol. The van der Waals surface area contributed by atoms with Crippen LogP contribution in [0.5, 0.6) is 0 Å². The largest absolute Gasteiger partial charge is 0.348 e. The van der Waals surface area contributed by atoms with E-state index in [0.29, 0.717) is 29.0 Å². The van der Waals surface area contributed by atoms with Crippen LogP contribution in [0.3, 0.4) is 0 Å². The Balaban J connectivity index is 1.73. The Bertz CT molecular complexity index is 1220. The van der Waals surface area contributed by atoms with E-state index in [1.54, 1.807) is 11.8 Å². The first-order valence-corrected chi connectivity index (χ1v) is 12.4. The van der Waals surface area contributed by atoms with Crippen molar-refractivity contribution in [2.24, 2.45) is 0 Å². The van der Waals surface area contributed by atoms with Gasteiger partial charge in [-0.25, -0.2) is 9.78 Å². The van der Waals surface area contributed by atoms with E-state index in [1.807, 2.05) is 37.4 Å². The average molecular weight is 460 g/mol. The van der Waals surface area contributed by atoms with Gasteiger partial charge in [0.2, 0.25) is 5.91 Å². The zero-order valence-electron chi connectivity index (χ0n) is 17.6. The van der Waals surface area contributed by atoms with Gasteiger partial charge in [0, 0.05) is 30.2 Å². The number of fused-ring (bicyclic) bond motifs is 1. The summed E-state index contributed by atoms with van der Waals surface area (Å²) in [6.45, 7) is 3.79. The summed E-state index contributed by atoms with van der Waals surface area (Å²) < 4.78 is 2.97. The average Bonchev–Trinajstić information content (AvgIpc) is 3.44. The van der Waals surface area contributed by atoms with Crippen LogP contribution in [0, 0.1) is 0 Å². The molecule has 0 unspecified atom stereocenters. The second-order valence-electron chi connectivity index (χ2n) is 7.45. The van der Waals surface area contributed by atoms with Gasteiger partial charge in [-0.05, 0) is 43.7 Å². The van der Waals surface area contributed by atoms with Gasteiger partial charge in [-0.2, -0.15) is 0 Å². The fraction of sp³-hybridized carbons (Fsp3) is 0.429.